The van der Waals surface area contributed by atoms with E-state index in [1.807, 2.05) is 10.6 Å². The number of carbonyl (C=O) groups excluding carboxylic acids is 1. The van der Waals surface area contributed by atoms with E-state index < -0.39 is 11.3 Å². The molecule has 2 heterocycles. The Kier molecular flexibility index (Phi) is 6.49. The lowest BCUT2D eigenvalue weighted by Crippen LogP contribution is -2.28. The summed E-state index contributed by atoms with van der Waals surface area (Å²) in [6, 6.07) is 5.07. The summed E-state index contributed by atoms with van der Waals surface area (Å²) in [4.78, 5) is 34.8. The second-order valence-electron chi connectivity index (χ2n) is 7.39. The number of halogens is 1. The van der Waals surface area contributed by atoms with E-state index in [1.165, 1.54) is 12.3 Å². The molecule has 2 aromatic rings. The van der Waals surface area contributed by atoms with Gasteiger partial charge in [0.05, 0.1) is 17.3 Å². The molecule has 0 saturated carbocycles. The van der Waals surface area contributed by atoms with Crippen LogP contribution in [-0.4, -0.2) is 30.8 Å². The van der Waals surface area contributed by atoms with Crippen LogP contribution in [0.25, 0.3) is 11.3 Å². The molecule has 7 nitrogen and oxygen atoms in total. The summed E-state index contributed by atoms with van der Waals surface area (Å²) >= 11 is 6.43. The number of amides is 1. The predicted octanol–water partition coefficient (Wildman–Crippen LogP) is 4.24. The monoisotopic (exact) mass is 418 g/mol. The van der Waals surface area contributed by atoms with Crippen LogP contribution in [0.5, 0.6) is 5.75 Å². The fourth-order valence-corrected chi connectivity index (χ4v) is 3.85. The molecule has 8 heteroatoms. The van der Waals surface area contributed by atoms with Gasteiger partial charge in [-0.25, -0.2) is 0 Å². The third-order valence-electron chi connectivity index (χ3n) is 5.13. The Morgan fingerprint density at radius 2 is 2.07 bits per heavy atom. The number of hydrogen-bond acceptors (Lipinski definition) is 5. The molecule has 0 spiro atoms. The number of nitrogens with zero attached hydrogens (tertiary/aromatic N) is 2. The van der Waals surface area contributed by atoms with Gasteiger partial charge in [-0.05, 0) is 30.0 Å². The first kappa shape index (κ1) is 21.2. The van der Waals surface area contributed by atoms with Crippen molar-refractivity contribution in [3.05, 3.63) is 55.7 Å². The Hall–Kier alpha value is -2.51. The average Bonchev–Trinajstić information content (AvgIpc) is 2.70. The van der Waals surface area contributed by atoms with Crippen LogP contribution in [-0.2, 0) is 11.2 Å². The predicted molar refractivity (Wildman–Crippen MR) is 111 cm³/mol. The molecule has 0 aliphatic carbocycles. The zero-order valence-corrected chi connectivity index (χ0v) is 17.4. The molecule has 1 aromatic heterocycles. The number of pyridine rings is 1. The molecule has 29 heavy (non-hydrogen) atoms. The van der Waals surface area contributed by atoms with Crippen LogP contribution in [0.2, 0.25) is 5.02 Å². The van der Waals surface area contributed by atoms with Crippen molar-refractivity contribution in [2.24, 2.45) is 11.1 Å². The Morgan fingerprint density at radius 1 is 1.31 bits per heavy atom. The highest BCUT2D eigenvalue weighted by atomic mass is 35.5. The number of rotatable bonds is 7. The van der Waals surface area contributed by atoms with Gasteiger partial charge in [-0.3, -0.25) is 9.59 Å². The quantitative estimate of drug-likeness (QED) is 0.495. The van der Waals surface area contributed by atoms with Crippen LogP contribution < -0.4 is 10.2 Å². The number of hydrogen-bond donors (Lipinski definition) is 0. The minimum Gasteiger partial charge on any atom is -0.492 e. The third-order valence-corrected chi connectivity index (χ3v) is 5.43. The Balaban J connectivity index is 2.08. The van der Waals surface area contributed by atoms with Crippen molar-refractivity contribution in [1.82, 2.24) is 4.57 Å². The number of methoxy groups -OCH3 is 1. The summed E-state index contributed by atoms with van der Waals surface area (Å²) in [5.74, 6) is -0.244. The molecule has 0 saturated heterocycles. The van der Waals surface area contributed by atoms with Gasteiger partial charge in [-0.1, -0.05) is 25.4 Å². The van der Waals surface area contributed by atoms with E-state index in [1.54, 1.807) is 13.2 Å². The van der Waals surface area contributed by atoms with E-state index in [0.717, 1.165) is 17.5 Å². The van der Waals surface area contributed by atoms with Crippen molar-refractivity contribution in [3.8, 4) is 17.0 Å². The molecule has 1 aromatic carbocycles. The summed E-state index contributed by atoms with van der Waals surface area (Å²) in [6.45, 7) is 5.22. The van der Waals surface area contributed by atoms with Gasteiger partial charge in [0, 0.05) is 49.2 Å². The topological polar surface area (TPSA) is 87.0 Å². The largest absolute Gasteiger partial charge is 0.492 e. The molecule has 0 radical (unpaired) electrons. The molecule has 1 aliphatic heterocycles. The number of aromatic nitrogens is 1. The van der Waals surface area contributed by atoms with E-state index in [2.05, 4.69) is 19.0 Å². The number of fused-ring (bicyclic) bond motifs is 3. The smallest absolute Gasteiger partial charge is 0.322 e. The molecule has 1 amide bonds. The number of carbonyl (C=O) groups is 1. The van der Waals surface area contributed by atoms with Gasteiger partial charge < -0.3 is 14.0 Å². The summed E-state index contributed by atoms with van der Waals surface area (Å²) in [7, 11) is 1.64. The van der Waals surface area contributed by atoms with E-state index in [0.29, 0.717) is 36.1 Å². The number of benzene rings is 1. The zero-order valence-electron chi connectivity index (χ0n) is 16.6. The third kappa shape index (κ3) is 4.26. The highest BCUT2D eigenvalue weighted by Crippen LogP contribution is 2.41. The Labute approximate surface area is 173 Å². The lowest BCUT2D eigenvalue weighted by molar-refractivity contribution is 0.0998. The highest BCUT2D eigenvalue weighted by molar-refractivity contribution is 6.32. The van der Waals surface area contributed by atoms with E-state index >= 15 is 0 Å². The highest BCUT2D eigenvalue weighted by Gasteiger charge is 2.29. The zero-order chi connectivity index (χ0) is 21.1. The maximum atomic E-state index is 12.4. The number of nitroso groups, excluding NO2 is 1. The van der Waals surface area contributed by atoms with Crippen LogP contribution in [0.15, 0.2) is 34.4 Å². The van der Waals surface area contributed by atoms with Crippen molar-refractivity contribution in [3.63, 3.8) is 0 Å². The Bertz CT molecular complexity index is 999. The molecular formula is C21H23ClN2O5. The SMILES string of the molecule is COCCCOc1cc2c(cc1Cl)-c1cc(=O)c(C(=O)N=O)cn1C(C(C)C)C2. The van der Waals surface area contributed by atoms with Crippen molar-refractivity contribution < 1.29 is 14.3 Å². The minimum atomic E-state index is -1.06. The van der Waals surface area contributed by atoms with Crippen molar-refractivity contribution in [2.45, 2.75) is 32.7 Å². The van der Waals surface area contributed by atoms with Crippen LogP contribution in [0.1, 0.15) is 42.2 Å². The first-order valence-electron chi connectivity index (χ1n) is 9.45. The van der Waals surface area contributed by atoms with Gasteiger partial charge in [0.25, 0.3) is 0 Å². The second-order valence-corrected chi connectivity index (χ2v) is 7.80. The normalized spacial score (nSPS) is 15.0. The van der Waals surface area contributed by atoms with Gasteiger partial charge in [-0.15, -0.1) is 4.91 Å². The van der Waals surface area contributed by atoms with E-state index in [4.69, 9.17) is 21.1 Å². The summed E-state index contributed by atoms with van der Waals surface area (Å²) < 4.78 is 12.7. The lowest BCUT2D eigenvalue weighted by atomic mass is 9.87. The maximum Gasteiger partial charge on any atom is 0.322 e. The standard InChI is InChI=1S/C21H23ClN2O5/c1-12(2)17-7-13-8-20(29-6-4-5-28-3)16(22)9-14(13)18-10-19(25)15(11-24(17)18)21(26)23-27/h8-12,17H,4-7H2,1-3H3. The Morgan fingerprint density at radius 3 is 2.72 bits per heavy atom. The van der Waals surface area contributed by atoms with Crippen LogP contribution in [0.3, 0.4) is 0 Å². The summed E-state index contributed by atoms with van der Waals surface area (Å²) in [6.07, 6.45) is 2.87. The van der Waals surface area contributed by atoms with Gasteiger partial charge in [0.1, 0.15) is 11.3 Å². The van der Waals surface area contributed by atoms with Gasteiger partial charge >= 0.3 is 5.91 Å². The van der Waals surface area contributed by atoms with Crippen LogP contribution >= 0.6 is 11.6 Å². The molecule has 0 bridgehead atoms. The first-order valence-corrected chi connectivity index (χ1v) is 9.83. The average molecular weight is 419 g/mol. The fourth-order valence-electron chi connectivity index (χ4n) is 3.63. The summed E-state index contributed by atoms with van der Waals surface area (Å²) in [5.41, 5.74) is 1.73. The van der Waals surface area contributed by atoms with Crippen molar-refractivity contribution in [2.75, 3.05) is 20.3 Å². The van der Waals surface area contributed by atoms with E-state index in [9.17, 15) is 14.5 Å². The first-order chi connectivity index (χ1) is 13.9. The van der Waals surface area contributed by atoms with Gasteiger partial charge in [-0.2, -0.15) is 0 Å². The second kappa shape index (κ2) is 8.88. The summed E-state index contributed by atoms with van der Waals surface area (Å²) in [5, 5.41) is 2.84. The van der Waals surface area contributed by atoms with E-state index in [-0.39, 0.29) is 17.5 Å². The number of ether oxygens (including phenoxy) is 2. The molecule has 154 valence electrons. The molecule has 3 rings (SSSR count). The fraction of sp³-hybridized carbons (Fsp3) is 0.429. The molecule has 1 atom stereocenters. The maximum absolute atomic E-state index is 12.4. The minimum absolute atomic E-state index is 0.00109. The molecular weight excluding hydrogens is 396 g/mol. The molecule has 0 N–H and O–H groups in total. The molecule has 0 fully saturated rings. The molecule has 1 aliphatic rings. The van der Waals surface area contributed by atoms with Gasteiger partial charge in [0.15, 0.2) is 5.43 Å². The molecule has 1 unspecified atom stereocenters. The van der Waals surface area contributed by atoms with Crippen molar-refractivity contribution in [1.29, 1.82) is 0 Å². The lowest BCUT2D eigenvalue weighted by Gasteiger charge is -2.33. The van der Waals surface area contributed by atoms with Crippen LogP contribution in [0, 0.1) is 10.8 Å². The van der Waals surface area contributed by atoms with Gasteiger partial charge in [0.2, 0.25) is 0 Å². The van der Waals surface area contributed by atoms with Crippen molar-refractivity contribution >= 4 is 17.5 Å². The van der Waals surface area contributed by atoms with Crippen LogP contribution in [0.4, 0.5) is 0 Å².